The average molecular weight is 352 g/mol. The molecule has 2 atom stereocenters. The third-order valence-electron chi connectivity index (χ3n) is 7.00. The van der Waals surface area contributed by atoms with Crippen molar-refractivity contribution >= 4 is 11.9 Å². The summed E-state index contributed by atoms with van der Waals surface area (Å²) < 4.78 is 10.4. The van der Waals surface area contributed by atoms with E-state index < -0.39 is 11.4 Å². The van der Waals surface area contributed by atoms with Gasteiger partial charge < -0.3 is 14.6 Å². The van der Waals surface area contributed by atoms with Gasteiger partial charge in [-0.2, -0.15) is 0 Å². The zero-order chi connectivity index (χ0) is 18.2. The maximum atomic E-state index is 11.9. The Morgan fingerprint density at radius 3 is 2.36 bits per heavy atom. The lowest BCUT2D eigenvalue weighted by Crippen LogP contribution is -2.53. The topological polar surface area (TPSA) is 72.8 Å². The van der Waals surface area contributed by atoms with Gasteiger partial charge >= 0.3 is 11.9 Å². The lowest BCUT2D eigenvalue weighted by molar-refractivity contribution is -0.167. The molecule has 4 bridgehead atoms. The largest absolute Gasteiger partial charge is 0.463 e. The molecule has 5 heteroatoms. The number of carbonyl (C=O) groups is 2. The van der Waals surface area contributed by atoms with Gasteiger partial charge in [0.05, 0.1) is 18.1 Å². The fourth-order valence-electron chi connectivity index (χ4n) is 5.36. The minimum absolute atomic E-state index is 0.117. The average Bonchev–Trinajstić information content (AvgIpc) is 2.56. The third-order valence-corrected chi connectivity index (χ3v) is 7.00. The molecule has 4 aliphatic carbocycles. The molecule has 142 valence electrons. The fraction of sp³-hybridized carbons (Fsp3) is 0.900. The molecule has 0 amide bonds. The Kier molecular flexibility index (Phi) is 5.16. The molecule has 0 saturated heterocycles. The second-order valence-corrected chi connectivity index (χ2v) is 9.24. The Hall–Kier alpha value is -1.10. The van der Waals surface area contributed by atoms with Crippen LogP contribution in [-0.4, -0.2) is 36.4 Å². The predicted octanol–water partition coefficient (Wildman–Crippen LogP) is 3.09. The van der Waals surface area contributed by atoms with Crippen LogP contribution in [0.3, 0.4) is 0 Å². The summed E-state index contributed by atoms with van der Waals surface area (Å²) in [7, 11) is 0. The summed E-state index contributed by atoms with van der Waals surface area (Å²) in [5.41, 5.74) is -0.322. The Bertz CT molecular complexity index is 510. The normalized spacial score (nSPS) is 36.3. The first kappa shape index (κ1) is 18.7. The van der Waals surface area contributed by atoms with Crippen LogP contribution in [0.4, 0.5) is 0 Å². The molecule has 0 aliphatic heterocycles. The second kappa shape index (κ2) is 6.90. The molecule has 0 aromatic rings. The minimum atomic E-state index is -0.569. The number of rotatable bonds is 7. The first-order chi connectivity index (χ1) is 11.7. The van der Waals surface area contributed by atoms with Crippen molar-refractivity contribution in [1.29, 1.82) is 0 Å². The molecule has 0 radical (unpaired) electrons. The molecular formula is C20H32O5. The summed E-state index contributed by atoms with van der Waals surface area (Å²) in [6, 6.07) is 0. The highest BCUT2D eigenvalue weighted by molar-refractivity contribution is 5.79. The number of hydrogen-bond donors (Lipinski definition) is 1. The molecule has 2 unspecified atom stereocenters. The van der Waals surface area contributed by atoms with E-state index in [4.69, 9.17) is 9.47 Å². The first-order valence-corrected chi connectivity index (χ1v) is 9.75. The predicted molar refractivity (Wildman–Crippen MR) is 92.6 cm³/mol. The van der Waals surface area contributed by atoms with Gasteiger partial charge in [0, 0.05) is 0 Å². The van der Waals surface area contributed by atoms with Gasteiger partial charge in [-0.25, -0.2) is 4.79 Å². The van der Waals surface area contributed by atoms with E-state index in [0.29, 0.717) is 24.9 Å². The SMILES string of the molecule is CCC(C)(C)C(=O)OCC(=O)OCCC12CC3CC(C1)C(O)C(C3)C2. The summed E-state index contributed by atoms with van der Waals surface area (Å²) >= 11 is 0. The number of carbonyl (C=O) groups excluding carboxylic acids is 2. The van der Waals surface area contributed by atoms with Crippen molar-refractivity contribution in [3.63, 3.8) is 0 Å². The molecule has 0 aromatic carbocycles. The zero-order valence-corrected chi connectivity index (χ0v) is 15.8. The van der Waals surface area contributed by atoms with E-state index in [9.17, 15) is 14.7 Å². The molecule has 4 saturated carbocycles. The van der Waals surface area contributed by atoms with Crippen molar-refractivity contribution in [2.75, 3.05) is 13.2 Å². The number of aliphatic hydroxyl groups is 1. The molecule has 5 nitrogen and oxygen atoms in total. The fourth-order valence-corrected chi connectivity index (χ4v) is 5.36. The number of ether oxygens (including phenoxy) is 2. The molecular weight excluding hydrogens is 320 g/mol. The Balaban J connectivity index is 1.41. The van der Waals surface area contributed by atoms with Crippen LogP contribution in [0.25, 0.3) is 0 Å². The van der Waals surface area contributed by atoms with Crippen molar-refractivity contribution in [2.45, 2.75) is 71.8 Å². The van der Waals surface area contributed by atoms with E-state index in [1.807, 2.05) is 20.8 Å². The standard InChI is InChI=1S/C20H32O5/c1-4-19(2,3)18(23)25-12-16(21)24-6-5-20-9-13-7-14(10-20)17(22)15(8-13)11-20/h13-15,17,22H,4-12H2,1-3H3. The van der Waals surface area contributed by atoms with Crippen LogP contribution in [0.5, 0.6) is 0 Å². The second-order valence-electron chi connectivity index (χ2n) is 9.24. The molecule has 4 rings (SSSR count). The maximum absolute atomic E-state index is 11.9. The van der Waals surface area contributed by atoms with E-state index in [0.717, 1.165) is 25.2 Å². The monoisotopic (exact) mass is 352 g/mol. The molecule has 4 aliphatic rings. The van der Waals surface area contributed by atoms with Crippen LogP contribution in [0.15, 0.2) is 0 Å². The van der Waals surface area contributed by atoms with Crippen LogP contribution in [0.1, 0.15) is 65.7 Å². The first-order valence-electron chi connectivity index (χ1n) is 9.75. The van der Waals surface area contributed by atoms with Crippen LogP contribution in [0, 0.1) is 28.6 Å². The zero-order valence-electron chi connectivity index (χ0n) is 15.8. The number of esters is 2. The van der Waals surface area contributed by atoms with Crippen LogP contribution < -0.4 is 0 Å². The van der Waals surface area contributed by atoms with Gasteiger partial charge in [0.25, 0.3) is 0 Å². The Morgan fingerprint density at radius 1 is 1.12 bits per heavy atom. The lowest BCUT2D eigenvalue weighted by Gasteiger charge is -2.59. The van der Waals surface area contributed by atoms with Crippen LogP contribution in [0.2, 0.25) is 0 Å². The quantitative estimate of drug-likeness (QED) is 0.713. The Morgan fingerprint density at radius 2 is 1.76 bits per heavy atom. The van der Waals surface area contributed by atoms with E-state index in [1.165, 1.54) is 19.3 Å². The Labute approximate surface area is 150 Å². The van der Waals surface area contributed by atoms with E-state index in [-0.39, 0.29) is 24.1 Å². The summed E-state index contributed by atoms with van der Waals surface area (Å²) in [4.78, 5) is 23.7. The molecule has 4 fully saturated rings. The molecule has 0 heterocycles. The van der Waals surface area contributed by atoms with Crippen LogP contribution >= 0.6 is 0 Å². The van der Waals surface area contributed by atoms with Gasteiger partial charge in [-0.15, -0.1) is 0 Å². The highest BCUT2D eigenvalue weighted by Crippen LogP contribution is 2.61. The summed E-state index contributed by atoms with van der Waals surface area (Å²) in [6.45, 7) is 5.62. The van der Waals surface area contributed by atoms with E-state index >= 15 is 0 Å². The van der Waals surface area contributed by atoms with Crippen molar-refractivity contribution in [3.8, 4) is 0 Å². The summed E-state index contributed by atoms with van der Waals surface area (Å²) in [5, 5.41) is 10.3. The number of aliphatic hydroxyl groups excluding tert-OH is 1. The van der Waals surface area contributed by atoms with Crippen LogP contribution in [-0.2, 0) is 19.1 Å². The summed E-state index contributed by atoms with van der Waals surface area (Å²) in [6.07, 6.45) is 7.10. The van der Waals surface area contributed by atoms with Gasteiger partial charge in [0.1, 0.15) is 0 Å². The van der Waals surface area contributed by atoms with Gasteiger partial charge in [-0.05, 0) is 82.0 Å². The summed E-state index contributed by atoms with van der Waals surface area (Å²) in [5.74, 6) is 0.805. The minimum Gasteiger partial charge on any atom is -0.463 e. The maximum Gasteiger partial charge on any atom is 0.344 e. The van der Waals surface area contributed by atoms with Gasteiger partial charge in [-0.1, -0.05) is 6.92 Å². The van der Waals surface area contributed by atoms with Gasteiger partial charge in [0.15, 0.2) is 6.61 Å². The molecule has 25 heavy (non-hydrogen) atoms. The van der Waals surface area contributed by atoms with Crippen molar-refractivity contribution in [2.24, 2.45) is 28.6 Å². The van der Waals surface area contributed by atoms with Crippen molar-refractivity contribution in [3.05, 3.63) is 0 Å². The molecule has 0 aromatic heterocycles. The number of hydrogen-bond acceptors (Lipinski definition) is 5. The lowest BCUT2D eigenvalue weighted by atomic mass is 9.48. The smallest absolute Gasteiger partial charge is 0.344 e. The van der Waals surface area contributed by atoms with Crippen molar-refractivity contribution in [1.82, 2.24) is 0 Å². The van der Waals surface area contributed by atoms with Gasteiger partial charge in [-0.3, -0.25) is 4.79 Å². The van der Waals surface area contributed by atoms with E-state index in [1.54, 1.807) is 0 Å². The molecule has 1 N–H and O–H groups in total. The van der Waals surface area contributed by atoms with E-state index in [2.05, 4.69) is 0 Å². The highest BCUT2D eigenvalue weighted by atomic mass is 16.6. The van der Waals surface area contributed by atoms with Gasteiger partial charge in [0.2, 0.25) is 0 Å². The third kappa shape index (κ3) is 3.86. The molecule has 0 spiro atoms. The highest BCUT2D eigenvalue weighted by Gasteiger charge is 2.54. The van der Waals surface area contributed by atoms with Crippen molar-refractivity contribution < 1.29 is 24.2 Å².